The lowest BCUT2D eigenvalue weighted by molar-refractivity contribution is 0.340. The third kappa shape index (κ3) is 3.18. The first kappa shape index (κ1) is 14.3. The van der Waals surface area contributed by atoms with E-state index in [2.05, 4.69) is 48.6 Å². The zero-order valence-corrected chi connectivity index (χ0v) is 13.4. The zero-order valence-electron chi connectivity index (χ0n) is 12.6. The average Bonchev–Trinajstić information content (AvgIpc) is 2.51. The lowest BCUT2D eigenvalue weighted by atomic mass is 10.0. The van der Waals surface area contributed by atoms with Gasteiger partial charge in [-0.1, -0.05) is 24.3 Å². The highest BCUT2D eigenvalue weighted by Crippen LogP contribution is 2.34. The van der Waals surface area contributed by atoms with Crippen LogP contribution in [0.5, 0.6) is 5.75 Å². The van der Waals surface area contributed by atoms with Gasteiger partial charge < -0.3 is 10.1 Å². The van der Waals surface area contributed by atoms with Crippen LogP contribution in [0.3, 0.4) is 0 Å². The Morgan fingerprint density at radius 1 is 1.24 bits per heavy atom. The van der Waals surface area contributed by atoms with Crippen molar-refractivity contribution in [3.05, 3.63) is 59.2 Å². The van der Waals surface area contributed by atoms with Gasteiger partial charge in [0.1, 0.15) is 5.75 Å². The third-order valence-corrected chi connectivity index (χ3v) is 4.90. The number of anilines is 1. The molecular formula is C18H21NOS. The number of aryl methyl sites for hydroxylation is 1. The van der Waals surface area contributed by atoms with E-state index in [1.807, 2.05) is 24.8 Å². The van der Waals surface area contributed by atoms with Gasteiger partial charge in [0.15, 0.2) is 0 Å². The van der Waals surface area contributed by atoms with E-state index in [0.29, 0.717) is 12.6 Å². The average molecular weight is 299 g/mol. The summed E-state index contributed by atoms with van der Waals surface area (Å²) in [7, 11) is 0. The molecule has 0 saturated carbocycles. The van der Waals surface area contributed by atoms with Gasteiger partial charge >= 0.3 is 0 Å². The first-order valence-corrected chi connectivity index (χ1v) is 8.59. The largest absolute Gasteiger partial charge is 0.494 e. The summed E-state index contributed by atoms with van der Waals surface area (Å²) in [6, 6.07) is 15.4. The van der Waals surface area contributed by atoms with E-state index in [1.54, 1.807) is 0 Å². The van der Waals surface area contributed by atoms with Crippen molar-refractivity contribution in [1.82, 2.24) is 0 Å². The second kappa shape index (κ2) is 6.44. The number of nitrogens with one attached hydrogen (secondary N) is 1. The fraction of sp³-hybridized carbons (Fsp3) is 0.333. The SMILES string of the molecule is CCOc1ccc(NC2CSCc3ccccc32)c(C)c1. The number of thioether (sulfide) groups is 1. The van der Waals surface area contributed by atoms with Crippen LogP contribution in [-0.4, -0.2) is 12.4 Å². The summed E-state index contributed by atoms with van der Waals surface area (Å²) in [6.45, 7) is 4.85. The molecule has 0 aromatic heterocycles. The van der Waals surface area contributed by atoms with E-state index in [9.17, 15) is 0 Å². The van der Waals surface area contributed by atoms with E-state index >= 15 is 0 Å². The molecule has 1 atom stereocenters. The molecule has 0 amide bonds. The summed E-state index contributed by atoms with van der Waals surface area (Å²) in [4.78, 5) is 0. The maximum Gasteiger partial charge on any atom is 0.119 e. The third-order valence-electron chi connectivity index (χ3n) is 3.81. The summed E-state index contributed by atoms with van der Waals surface area (Å²) in [5.74, 6) is 3.18. The molecule has 21 heavy (non-hydrogen) atoms. The Kier molecular flexibility index (Phi) is 4.39. The first-order valence-electron chi connectivity index (χ1n) is 7.43. The summed E-state index contributed by atoms with van der Waals surface area (Å²) >= 11 is 1.99. The van der Waals surface area contributed by atoms with Crippen molar-refractivity contribution in [2.24, 2.45) is 0 Å². The second-order valence-corrected chi connectivity index (χ2v) is 6.35. The second-order valence-electron chi connectivity index (χ2n) is 5.32. The molecule has 2 aromatic rings. The summed E-state index contributed by atoms with van der Waals surface area (Å²) in [5.41, 5.74) is 5.31. The minimum absolute atomic E-state index is 0.386. The number of benzene rings is 2. The van der Waals surface area contributed by atoms with Crippen LogP contribution in [0.15, 0.2) is 42.5 Å². The Labute approximate surface area is 130 Å². The van der Waals surface area contributed by atoms with E-state index in [-0.39, 0.29) is 0 Å². The van der Waals surface area contributed by atoms with E-state index < -0.39 is 0 Å². The van der Waals surface area contributed by atoms with Crippen molar-refractivity contribution in [2.75, 3.05) is 17.7 Å². The Hall–Kier alpha value is -1.61. The lowest BCUT2D eigenvalue weighted by Crippen LogP contribution is -2.19. The van der Waals surface area contributed by atoms with Gasteiger partial charge in [-0.2, -0.15) is 11.8 Å². The van der Waals surface area contributed by atoms with Crippen molar-refractivity contribution in [1.29, 1.82) is 0 Å². The van der Waals surface area contributed by atoms with Crippen molar-refractivity contribution in [2.45, 2.75) is 25.6 Å². The Bertz CT molecular complexity index is 626. The molecule has 0 saturated heterocycles. The van der Waals surface area contributed by atoms with Gasteiger partial charge in [0, 0.05) is 17.2 Å². The molecule has 0 radical (unpaired) electrons. The van der Waals surface area contributed by atoms with Crippen LogP contribution in [0.1, 0.15) is 29.7 Å². The van der Waals surface area contributed by atoms with Gasteiger partial charge in [-0.15, -0.1) is 0 Å². The van der Waals surface area contributed by atoms with Gasteiger partial charge in [0.25, 0.3) is 0 Å². The fourth-order valence-corrected chi connectivity index (χ4v) is 3.84. The maximum atomic E-state index is 5.56. The van der Waals surface area contributed by atoms with Crippen LogP contribution in [0, 0.1) is 6.92 Å². The van der Waals surface area contributed by atoms with Crippen molar-refractivity contribution in [3.63, 3.8) is 0 Å². The Balaban J connectivity index is 1.81. The summed E-state index contributed by atoms with van der Waals surface area (Å²) in [5, 5.41) is 3.70. The highest BCUT2D eigenvalue weighted by Gasteiger charge is 2.20. The molecule has 0 spiro atoms. The number of ether oxygens (including phenoxy) is 1. The topological polar surface area (TPSA) is 21.3 Å². The first-order chi connectivity index (χ1) is 10.3. The summed E-state index contributed by atoms with van der Waals surface area (Å²) < 4.78 is 5.56. The van der Waals surface area contributed by atoms with Gasteiger partial charge in [-0.05, 0) is 48.7 Å². The van der Waals surface area contributed by atoms with Crippen LogP contribution in [0.25, 0.3) is 0 Å². The molecule has 1 aliphatic heterocycles. The van der Waals surface area contributed by atoms with E-state index in [4.69, 9.17) is 4.74 Å². The van der Waals surface area contributed by atoms with Crippen LogP contribution < -0.4 is 10.1 Å². The molecule has 1 unspecified atom stereocenters. The standard InChI is InChI=1S/C18H21NOS/c1-3-20-15-8-9-17(13(2)10-15)19-18-12-21-11-14-6-4-5-7-16(14)18/h4-10,18-19H,3,11-12H2,1-2H3. The van der Waals surface area contributed by atoms with E-state index in [1.165, 1.54) is 22.4 Å². The normalized spacial score (nSPS) is 17.1. The van der Waals surface area contributed by atoms with Gasteiger partial charge in [-0.25, -0.2) is 0 Å². The van der Waals surface area contributed by atoms with Crippen LogP contribution in [-0.2, 0) is 5.75 Å². The minimum Gasteiger partial charge on any atom is -0.494 e. The van der Waals surface area contributed by atoms with Crippen molar-refractivity contribution in [3.8, 4) is 5.75 Å². The quantitative estimate of drug-likeness (QED) is 0.876. The monoisotopic (exact) mass is 299 g/mol. The molecule has 1 N–H and O–H groups in total. The molecule has 2 aromatic carbocycles. The maximum absolute atomic E-state index is 5.56. The smallest absolute Gasteiger partial charge is 0.119 e. The fourth-order valence-electron chi connectivity index (χ4n) is 2.74. The highest BCUT2D eigenvalue weighted by molar-refractivity contribution is 7.98. The van der Waals surface area contributed by atoms with Gasteiger partial charge in [-0.3, -0.25) is 0 Å². The predicted molar refractivity (Wildman–Crippen MR) is 91.3 cm³/mol. The molecule has 3 rings (SSSR count). The molecule has 1 heterocycles. The number of hydrogen-bond acceptors (Lipinski definition) is 3. The Morgan fingerprint density at radius 2 is 2.10 bits per heavy atom. The molecule has 2 nitrogen and oxygen atoms in total. The molecule has 110 valence electrons. The molecule has 0 fully saturated rings. The molecule has 0 aliphatic carbocycles. The molecule has 1 aliphatic rings. The lowest BCUT2D eigenvalue weighted by Gasteiger charge is -2.27. The van der Waals surface area contributed by atoms with Gasteiger partial charge in [0.05, 0.1) is 12.6 Å². The zero-order chi connectivity index (χ0) is 14.7. The highest BCUT2D eigenvalue weighted by atomic mass is 32.2. The van der Waals surface area contributed by atoms with Crippen molar-refractivity contribution >= 4 is 17.4 Å². The number of hydrogen-bond donors (Lipinski definition) is 1. The van der Waals surface area contributed by atoms with Gasteiger partial charge in [0.2, 0.25) is 0 Å². The predicted octanol–water partition coefficient (Wildman–Crippen LogP) is 4.79. The molecule has 3 heteroatoms. The minimum atomic E-state index is 0.386. The number of fused-ring (bicyclic) bond motifs is 1. The number of rotatable bonds is 4. The van der Waals surface area contributed by atoms with E-state index in [0.717, 1.165) is 17.3 Å². The van der Waals surface area contributed by atoms with Crippen molar-refractivity contribution < 1.29 is 4.74 Å². The van der Waals surface area contributed by atoms with Crippen LogP contribution in [0.4, 0.5) is 5.69 Å². The van der Waals surface area contributed by atoms with Crippen LogP contribution >= 0.6 is 11.8 Å². The molecule has 0 bridgehead atoms. The van der Waals surface area contributed by atoms with Crippen LogP contribution in [0.2, 0.25) is 0 Å². The summed E-state index contributed by atoms with van der Waals surface area (Å²) in [6.07, 6.45) is 0. The Morgan fingerprint density at radius 3 is 2.90 bits per heavy atom. The molecular weight excluding hydrogens is 278 g/mol.